The normalized spacial score (nSPS) is 22.5. The van der Waals surface area contributed by atoms with E-state index in [1.165, 1.54) is 0 Å². The Morgan fingerprint density at radius 3 is 2.79 bits per heavy atom. The fraction of sp³-hybridized carbons (Fsp3) is 0.308. The van der Waals surface area contributed by atoms with Gasteiger partial charge in [0.25, 0.3) is 0 Å². The van der Waals surface area contributed by atoms with Crippen LogP contribution in [0.1, 0.15) is 24.8 Å². The lowest BCUT2D eigenvalue weighted by Gasteiger charge is -2.12. The number of rotatable bonds is 3. The molecule has 6 nitrogen and oxygen atoms in total. The second kappa shape index (κ2) is 4.81. The molecule has 19 heavy (non-hydrogen) atoms. The van der Waals surface area contributed by atoms with Gasteiger partial charge in [0.15, 0.2) is 11.9 Å². The Morgan fingerprint density at radius 2 is 2.11 bits per heavy atom. The number of carboxylic acid groups (broad SMARTS) is 1. The summed E-state index contributed by atoms with van der Waals surface area (Å²) < 4.78 is 7.33. The molecule has 6 heteroatoms. The van der Waals surface area contributed by atoms with Crippen molar-refractivity contribution in [1.82, 2.24) is 14.8 Å². The van der Waals surface area contributed by atoms with Gasteiger partial charge in [0.05, 0.1) is 0 Å². The van der Waals surface area contributed by atoms with Crippen LogP contribution in [0.5, 0.6) is 0 Å². The number of nitrogens with zero attached hydrogens (tertiary/aromatic N) is 3. The van der Waals surface area contributed by atoms with Crippen LogP contribution in [0.25, 0.3) is 5.69 Å². The van der Waals surface area contributed by atoms with Crippen molar-refractivity contribution in [3.63, 3.8) is 0 Å². The molecule has 1 aromatic heterocycles. The van der Waals surface area contributed by atoms with E-state index in [-0.39, 0.29) is 6.10 Å². The predicted molar refractivity (Wildman–Crippen MR) is 65.8 cm³/mol. The smallest absolute Gasteiger partial charge is 0.332 e. The van der Waals surface area contributed by atoms with Crippen molar-refractivity contribution in [2.24, 2.45) is 0 Å². The second-order valence-corrected chi connectivity index (χ2v) is 4.42. The van der Waals surface area contributed by atoms with Crippen LogP contribution in [0.2, 0.25) is 0 Å². The van der Waals surface area contributed by atoms with E-state index in [0.717, 1.165) is 5.69 Å². The third kappa shape index (κ3) is 2.22. The second-order valence-electron chi connectivity index (χ2n) is 4.42. The molecule has 2 atom stereocenters. The zero-order valence-electron chi connectivity index (χ0n) is 10.1. The molecule has 98 valence electrons. The van der Waals surface area contributed by atoms with Crippen LogP contribution in [0.3, 0.4) is 0 Å². The molecule has 0 aliphatic carbocycles. The highest BCUT2D eigenvalue weighted by Crippen LogP contribution is 2.32. The Hall–Kier alpha value is -2.21. The third-order valence-corrected chi connectivity index (χ3v) is 3.19. The number of aromatic nitrogens is 3. The molecule has 1 saturated heterocycles. The van der Waals surface area contributed by atoms with Crippen LogP contribution in [0, 0.1) is 0 Å². The first kappa shape index (κ1) is 11.9. The summed E-state index contributed by atoms with van der Waals surface area (Å²) in [6.07, 6.45) is 1.70. The number of carboxylic acids is 1. The van der Waals surface area contributed by atoms with Crippen LogP contribution in [-0.4, -0.2) is 31.9 Å². The number of hydrogen-bond acceptors (Lipinski definition) is 4. The zero-order chi connectivity index (χ0) is 13.2. The van der Waals surface area contributed by atoms with Gasteiger partial charge in [0, 0.05) is 5.69 Å². The molecule has 1 N–H and O–H groups in total. The highest BCUT2D eigenvalue weighted by Gasteiger charge is 2.34. The van der Waals surface area contributed by atoms with E-state index in [4.69, 9.17) is 9.84 Å². The van der Waals surface area contributed by atoms with Crippen LogP contribution in [-0.2, 0) is 9.53 Å². The van der Waals surface area contributed by atoms with E-state index >= 15 is 0 Å². The maximum atomic E-state index is 10.9. The lowest BCUT2D eigenvalue weighted by molar-refractivity contribution is -0.149. The van der Waals surface area contributed by atoms with E-state index in [0.29, 0.717) is 18.7 Å². The highest BCUT2D eigenvalue weighted by atomic mass is 16.5. The van der Waals surface area contributed by atoms with Crippen molar-refractivity contribution >= 4 is 5.97 Å². The molecular formula is C13H13N3O3. The van der Waals surface area contributed by atoms with Crippen molar-refractivity contribution < 1.29 is 14.6 Å². The Bertz CT molecular complexity index is 582. The largest absolute Gasteiger partial charge is 0.479 e. The molecule has 0 bridgehead atoms. The summed E-state index contributed by atoms with van der Waals surface area (Å²) in [6, 6.07) is 9.66. The Labute approximate surface area is 109 Å². The van der Waals surface area contributed by atoms with Gasteiger partial charge in [-0.2, -0.15) is 0 Å². The predicted octanol–water partition coefficient (Wildman–Crippen LogP) is 1.57. The molecule has 3 rings (SSSR count). The van der Waals surface area contributed by atoms with Gasteiger partial charge in [0.2, 0.25) is 0 Å². The summed E-state index contributed by atoms with van der Waals surface area (Å²) in [7, 11) is 0. The maximum Gasteiger partial charge on any atom is 0.332 e. The molecule has 1 aliphatic heterocycles. The summed E-state index contributed by atoms with van der Waals surface area (Å²) in [5.41, 5.74) is 0.935. The minimum Gasteiger partial charge on any atom is -0.479 e. The fourth-order valence-electron chi connectivity index (χ4n) is 2.26. The third-order valence-electron chi connectivity index (χ3n) is 3.19. The minimum atomic E-state index is -0.923. The van der Waals surface area contributed by atoms with Crippen molar-refractivity contribution in [3.8, 4) is 5.69 Å². The van der Waals surface area contributed by atoms with Gasteiger partial charge < -0.3 is 9.84 Å². The standard InChI is InChI=1S/C13H13N3O3/c17-13(18)11-7-6-10(19-11)12-15-14-8-16(12)9-4-2-1-3-5-9/h1-5,8,10-11H,6-7H2,(H,17,18). The lowest BCUT2D eigenvalue weighted by atomic mass is 10.2. The first-order valence-corrected chi connectivity index (χ1v) is 6.09. The molecule has 1 aromatic carbocycles. The van der Waals surface area contributed by atoms with Crippen LogP contribution < -0.4 is 0 Å². The topological polar surface area (TPSA) is 77.2 Å². The van der Waals surface area contributed by atoms with E-state index in [9.17, 15) is 4.79 Å². The summed E-state index contributed by atoms with van der Waals surface area (Å²) >= 11 is 0. The summed E-state index contributed by atoms with van der Waals surface area (Å²) in [6.45, 7) is 0. The summed E-state index contributed by atoms with van der Waals surface area (Å²) in [5.74, 6) is -0.275. The van der Waals surface area contributed by atoms with E-state index in [1.807, 2.05) is 34.9 Å². The average Bonchev–Trinajstić information content (AvgIpc) is 3.08. The monoisotopic (exact) mass is 259 g/mol. The average molecular weight is 259 g/mol. The van der Waals surface area contributed by atoms with Crippen molar-refractivity contribution in [1.29, 1.82) is 0 Å². The number of hydrogen-bond donors (Lipinski definition) is 1. The van der Waals surface area contributed by atoms with Gasteiger partial charge >= 0.3 is 5.97 Å². The summed E-state index contributed by atoms with van der Waals surface area (Å²) in [5, 5.41) is 16.9. The molecular weight excluding hydrogens is 246 g/mol. The minimum absolute atomic E-state index is 0.316. The SMILES string of the molecule is O=C(O)C1CCC(c2nncn2-c2ccccc2)O1. The highest BCUT2D eigenvalue weighted by molar-refractivity contribution is 5.72. The lowest BCUT2D eigenvalue weighted by Crippen LogP contribution is -2.19. The molecule has 2 unspecified atom stereocenters. The number of ether oxygens (including phenoxy) is 1. The number of carbonyl (C=O) groups is 1. The van der Waals surface area contributed by atoms with Gasteiger partial charge in [-0.3, -0.25) is 4.57 Å². The van der Waals surface area contributed by atoms with Crippen molar-refractivity contribution in [2.75, 3.05) is 0 Å². The van der Waals surface area contributed by atoms with Crippen LogP contribution in [0.15, 0.2) is 36.7 Å². The fourth-order valence-corrected chi connectivity index (χ4v) is 2.26. The van der Waals surface area contributed by atoms with Crippen molar-refractivity contribution in [2.45, 2.75) is 25.0 Å². The molecule has 0 radical (unpaired) electrons. The van der Waals surface area contributed by atoms with E-state index < -0.39 is 12.1 Å². The molecule has 0 amide bonds. The zero-order valence-corrected chi connectivity index (χ0v) is 10.1. The Balaban J connectivity index is 1.88. The molecule has 0 spiro atoms. The Kier molecular flexibility index (Phi) is 3.00. The number of para-hydroxylation sites is 1. The van der Waals surface area contributed by atoms with Gasteiger partial charge in [-0.25, -0.2) is 4.79 Å². The van der Waals surface area contributed by atoms with Gasteiger partial charge in [-0.15, -0.1) is 10.2 Å². The van der Waals surface area contributed by atoms with Crippen LogP contribution in [0.4, 0.5) is 0 Å². The van der Waals surface area contributed by atoms with Gasteiger partial charge in [-0.05, 0) is 25.0 Å². The molecule has 2 heterocycles. The maximum absolute atomic E-state index is 10.9. The Morgan fingerprint density at radius 1 is 1.32 bits per heavy atom. The van der Waals surface area contributed by atoms with Gasteiger partial charge in [0.1, 0.15) is 12.4 Å². The van der Waals surface area contributed by atoms with E-state index in [2.05, 4.69) is 10.2 Å². The molecule has 2 aromatic rings. The van der Waals surface area contributed by atoms with Crippen molar-refractivity contribution in [3.05, 3.63) is 42.5 Å². The van der Waals surface area contributed by atoms with E-state index in [1.54, 1.807) is 6.33 Å². The molecule has 1 aliphatic rings. The van der Waals surface area contributed by atoms with Crippen LogP contribution >= 0.6 is 0 Å². The summed E-state index contributed by atoms with van der Waals surface area (Å²) in [4.78, 5) is 10.9. The number of aliphatic carboxylic acids is 1. The van der Waals surface area contributed by atoms with Gasteiger partial charge in [-0.1, -0.05) is 18.2 Å². The molecule has 0 saturated carbocycles. The molecule has 1 fully saturated rings. The number of benzene rings is 1. The quantitative estimate of drug-likeness (QED) is 0.905. The first-order valence-electron chi connectivity index (χ1n) is 6.09. The first-order chi connectivity index (χ1) is 9.25.